The van der Waals surface area contributed by atoms with E-state index in [2.05, 4.69) is 5.10 Å². The third-order valence-electron chi connectivity index (χ3n) is 4.77. The van der Waals surface area contributed by atoms with E-state index >= 15 is 0 Å². The van der Waals surface area contributed by atoms with Crippen LogP contribution >= 0.6 is 0 Å². The molecule has 2 aromatic rings. The first-order valence-electron chi connectivity index (χ1n) is 8.08. The van der Waals surface area contributed by atoms with Crippen LogP contribution in [0.5, 0.6) is 0 Å². The number of amides is 1. The molecule has 0 spiro atoms. The minimum Gasteiger partial charge on any atom is -0.339 e. The Morgan fingerprint density at radius 1 is 1.22 bits per heavy atom. The Balaban J connectivity index is 1.94. The van der Waals surface area contributed by atoms with E-state index in [0.29, 0.717) is 17.3 Å². The van der Waals surface area contributed by atoms with Crippen molar-refractivity contribution < 1.29 is 9.18 Å². The van der Waals surface area contributed by atoms with Crippen molar-refractivity contribution in [1.29, 1.82) is 0 Å². The quantitative estimate of drug-likeness (QED) is 0.867. The van der Waals surface area contributed by atoms with Crippen LogP contribution in [0.2, 0.25) is 0 Å². The maximum Gasteiger partial charge on any atom is 0.257 e. The lowest BCUT2D eigenvalue weighted by molar-refractivity contribution is 0.0733. The Kier molecular flexibility index (Phi) is 4.20. The summed E-state index contributed by atoms with van der Waals surface area (Å²) in [4.78, 5) is 14.7. The average Bonchev–Trinajstić information content (AvgIpc) is 3.15. The highest BCUT2D eigenvalue weighted by Gasteiger charge is 2.28. The number of aromatic nitrogens is 2. The van der Waals surface area contributed by atoms with Crippen molar-refractivity contribution in [2.45, 2.75) is 45.6 Å². The Bertz CT molecular complexity index is 715. The molecule has 4 nitrogen and oxygen atoms in total. The van der Waals surface area contributed by atoms with E-state index in [-0.39, 0.29) is 11.7 Å². The summed E-state index contributed by atoms with van der Waals surface area (Å²) in [5, 5.41) is 4.49. The van der Waals surface area contributed by atoms with Crippen molar-refractivity contribution >= 4 is 5.91 Å². The highest BCUT2D eigenvalue weighted by atomic mass is 19.1. The van der Waals surface area contributed by atoms with Gasteiger partial charge < -0.3 is 4.90 Å². The van der Waals surface area contributed by atoms with E-state index in [0.717, 1.165) is 24.2 Å². The zero-order valence-corrected chi connectivity index (χ0v) is 13.8. The maximum absolute atomic E-state index is 13.1. The Labute approximate surface area is 135 Å². The van der Waals surface area contributed by atoms with Crippen LogP contribution in [-0.4, -0.2) is 33.7 Å². The second kappa shape index (κ2) is 6.14. The van der Waals surface area contributed by atoms with Crippen molar-refractivity contribution in [3.05, 3.63) is 47.0 Å². The van der Waals surface area contributed by atoms with Gasteiger partial charge >= 0.3 is 0 Å². The van der Waals surface area contributed by atoms with Crippen LogP contribution in [0.3, 0.4) is 0 Å². The lowest BCUT2D eigenvalue weighted by Gasteiger charge is -2.24. The second-order valence-electron chi connectivity index (χ2n) is 6.29. The van der Waals surface area contributed by atoms with Crippen molar-refractivity contribution in [2.75, 3.05) is 7.05 Å². The summed E-state index contributed by atoms with van der Waals surface area (Å²) in [5.41, 5.74) is 2.92. The number of hydrogen-bond acceptors (Lipinski definition) is 2. The first-order chi connectivity index (χ1) is 11.0. The van der Waals surface area contributed by atoms with E-state index < -0.39 is 0 Å². The van der Waals surface area contributed by atoms with Gasteiger partial charge in [0.05, 0.1) is 22.6 Å². The molecule has 1 heterocycles. The van der Waals surface area contributed by atoms with Gasteiger partial charge in [0.1, 0.15) is 5.82 Å². The number of benzene rings is 1. The van der Waals surface area contributed by atoms with Gasteiger partial charge in [-0.2, -0.15) is 5.10 Å². The first-order valence-corrected chi connectivity index (χ1v) is 8.08. The van der Waals surface area contributed by atoms with Crippen LogP contribution in [-0.2, 0) is 0 Å². The van der Waals surface area contributed by atoms with Gasteiger partial charge in [-0.3, -0.25) is 4.79 Å². The SMILES string of the molecule is Cc1nn(-c2ccc(F)cc2)c(C)c1C(=O)N(C)C1CCCC1. The summed E-state index contributed by atoms with van der Waals surface area (Å²) in [5.74, 6) is -0.257. The topological polar surface area (TPSA) is 38.1 Å². The van der Waals surface area contributed by atoms with E-state index in [1.54, 1.807) is 16.8 Å². The van der Waals surface area contributed by atoms with Crippen molar-refractivity contribution in [2.24, 2.45) is 0 Å². The highest BCUT2D eigenvalue weighted by molar-refractivity contribution is 5.96. The molecule has 1 saturated carbocycles. The van der Waals surface area contributed by atoms with Gasteiger partial charge in [0.2, 0.25) is 0 Å². The monoisotopic (exact) mass is 315 g/mol. The van der Waals surface area contributed by atoms with Gasteiger partial charge in [-0.05, 0) is 51.0 Å². The third kappa shape index (κ3) is 2.87. The van der Waals surface area contributed by atoms with Gasteiger partial charge in [-0.1, -0.05) is 12.8 Å². The number of hydrogen-bond donors (Lipinski definition) is 0. The molecule has 1 aliphatic carbocycles. The van der Waals surface area contributed by atoms with Crippen LogP contribution in [0.15, 0.2) is 24.3 Å². The average molecular weight is 315 g/mol. The second-order valence-corrected chi connectivity index (χ2v) is 6.29. The summed E-state index contributed by atoms with van der Waals surface area (Å²) in [6.07, 6.45) is 4.53. The highest BCUT2D eigenvalue weighted by Crippen LogP contribution is 2.26. The molecule has 0 atom stereocenters. The predicted octanol–water partition coefficient (Wildman–Crippen LogP) is 3.64. The molecule has 1 amide bonds. The summed E-state index contributed by atoms with van der Waals surface area (Å²) >= 11 is 0. The summed E-state index contributed by atoms with van der Waals surface area (Å²) in [6.45, 7) is 3.74. The standard InChI is InChI=1S/C18H22FN3O/c1-12-17(18(23)21(3)15-6-4-5-7-15)13(2)22(20-12)16-10-8-14(19)9-11-16/h8-11,15H,4-7H2,1-3H3. The Morgan fingerprint density at radius 3 is 2.43 bits per heavy atom. The molecule has 23 heavy (non-hydrogen) atoms. The molecule has 1 aromatic heterocycles. The van der Waals surface area contributed by atoms with Crippen molar-refractivity contribution in [1.82, 2.24) is 14.7 Å². The molecular weight excluding hydrogens is 293 g/mol. The lowest BCUT2D eigenvalue weighted by Crippen LogP contribution is -2.35. The summed E-state index contributed by atoms with van der Waals surface area (Å²) in [7, 11) is 1.88. The van der Waals surface area contributed by atoms with Gasteiger partial charge in [0.15, 0.2) is 0 Å². The fourth-order valence-electron chi connectivity index (χ4n) is 3.42. The molecule has 0 unspecified atom stereocenters. The molecule has 1 fully saturated rings. The minimum atomic E-state index is -0.285. The Hall–Kier alpha value is -2.17. The van der Waals surface area contributed by atoms with E-state index in [1.165, 1.54) is 25.0 Å². The molecule has 0 saturated heterocycles. The van der Waals surface area contributed by atoms with Crippen LogP contribution < -0.4 is 0 Å². The molecule has 0 bridgehead atoms. The number of rotatable bonds is 3. The maximum atomic E-state index is 13.1. The van der Waals surface area contributed by atoms with Crippen molar-refractivity contribution in [3.8, 4) is 5.69 Å². The van der Waals surface area contributed by atoms with E-state index in [9.17, 15) is 9.18 Å². The van der Waals surface area contributed by atoms with Gasteiger partial charge in [0, 0.05) is 13.1 Å². The fraction of sp³-hybridized carbons (Fsp3) is 0.444. The largest absolute Gasteiger partial charge is 0.339 e. The molecule has 0 radical (unpaired) electrons. The molecule has 1 aromatic carbocycles. The van der Waals surface area contributed by atoms with Gasteiger partial charge in [-0.25, -0.2) is 9.07 Å². The molecular formula is C18H22FN3O. The third-order valence-corrected chi connectivity index (χ3v) is 4.77. The van der Waals surface area contributed by atoms with E-state index in [4.69, 9.17) is 0 Å². The normalized spacial score (nSPS) is 15.1. The molecule has 0 aliphatic heterocycles. The van der Waals surface area contributed by atoms with Gasteiger partial charge in [0.25, 0.3) is 5.91 Å². The Morgan fingerprint density at radius 2 is 1.83 bits per heavy atom. The summed E-state index contributed by atoms with van der Waals surface area (Å²) < 4.78 is 14.8. The number of halogens is 1. The molecule has 3 rings (SSSR count). The molecule has 1 aliphatic rings. The van der Waals surface area contributed by atoms with Crippen LogP contribution in [0, 0.1) is 19.7 Å². The molecule has 5 heteroatoms. The summed E-state index contributed by atoms with van der Waals surface area (Å²) in [6, 6.07) is 6.47. The number of aryl methyl sites for hydroxylation is 1. The number of carbonyl (C=O) groups excluding carboxylic acids is 1. The number of carbonyl (C=O) groups is 1. The zero-order chi connectivity index (χ0) is 16.6. The van der Waals surface area contributed by atoms with Gasteiger partial charge in [-0.15, -0.1) is 0 Å². The zero-order valence-electron chi connectivity index (χ0n) is 13.8. The smallest absolute Gasteiger partial charge is 0.257 e. The lowest BCUT2D eigenvalue weighted by atomic mass is 10.1. The van der Waals surface area contributed by atoms with Crippen molar-refractivity contribution in [3.63, 3.8) is 0 Å². The van der Waals surface area contributed by atoms with Crippen LogP contribution in [0.4, 0.5) is 4.39 Å². The fourth-order valence-corrected chi connectivity index (χ4v) is 3.42. The van der Waals surface area contributed by atoms with E-state index in [1.807, 2.05) is 25.8 Å². The molecule has 122 valence electrons. The van der Waals surface area contributed by atoms with Crippen LogP contribution in [0.25, 0.3) is 5.69 Å². The minimum absolute atomic E-state index is 0.0280. The number of nitrogens with zero attached hydrogens (tertiary/aromatic N) is 3. The predicted molar refractivity (Wildman–Crippen MR) is 87.3 cm³/mol. The first kappa shape index (κ1) is 15.7. The molecule has 0 N–H and O–H groups in total. The van der Waals surface area contributed by atoms with Crippen LogP contribution in [0.1, 0.15) is 47.4 Å².